The first-order valence-corrected chi connectivity index (χ1v) is 26.0. The van der Waals surface area contributed by atoms with Crippen molar-refractivity contribution in [1.82, 2.24) is 0 Å². The molecule has 4 rings (SSSR count). The Bertz CT molecular complexity index is 2090. The number of benzene rings is 4. The topological polar surface area (TPSA) is 228 Å². The Hall–Kier alpha value is -4.24. The summed E-state index contributed by atoms with van der Waals surface area (Å²) >= 11 is 5.74. The molecule has 4 N–H and O–H groups in total. The molecule has 0 unspecified atom stereocenters. The second kappa shape index (κ2) is 24.1. The molecular formula is C38H42Br2Cl2N4O12Sn. The number of rotatable bonds is 14. The Morgan fingerprint density at radius 2 is 1.00 bits per heavy atom. The average Bonchev–Trinajstić information content (AvgIpc) is 3.13. The molecule has 0 aliphatic rings. The van der Waals surface area contributed by atoms with Gasteiger partial charge < -0.3 is 39.9 Å². The number of anilines is 2. The first-order valence-electron chi connectivity index (χ1n) is 17.2. The Morgan fingerprint density at radius 1 is 0.610 bits per heavy atom. The van der Waals surface area contributed by atoms with Gasteiger partial charge in [0.2, 0.25) is 0 Å². The number of ether oxygens (including phenoxy) is 6. The van der Waals surface area contributed by atoms with Crippen LogP contribution in [0.15, 0.2) is 81.7 Å². The molecule has 0 atom stereocenters. The van der Waals surface area contributed by atoms with Gasteiger partial charge in [-0.05, 0) is 104 Å². The van der Waals surface area contributed by atoms with Crippen LogP contribution in [0.25, 0.3) is 0 Å². The van der Waals surface area contributed by atoms with E-state index in [9.17, 15) is 29.8 Å². The van der Waals surface area contributed by atoms with E-state index in [4.69, 9.17) is 57.7 Å². The Labute approximate surface area is 375 Å². The van der Waals surface area contributed by atoms with Crippen molar-refractivity contribution >= 4 is 103 Å². The van der Waals surface area contributed by atoms with Crippen molar-refractivity contribution in [2.45, 2.75) is 52.7 Å². The van der Waals surface area contributed by atoms with Crippen LogP contribution in [0.1, 0.15) is 62.3 Å². The van der Waals surface area contributed by atoms with E-state index >= 15 is 0 Å². The van der Waals surface area contributed by atoms with Gasteiger partial charge in [0.05, 0.1) is 32.3 Å². The summed E-state index contributed by atoms with van der Waals surface area (Å²) in [5, 5.41) is 22.4. The van der Waals surface area contributed by atoms with Gasteiger partial charge in [-0.2, -0.15) is 0 Å². The van der Waals surface area contributed by atoms with Crippen molar-refractivity contribution in [2.75, 3.05) is 37.9 Å². The molecule has 0 aliphatic heterocycles. The Kier molecular flexibility index (Phi) is 20.8. The first kappa shape index (κ1) is 50.9. The number of carbonyl (C=O) groups excluding carboxylic acids is 2. The number of nitro groups is 2. The molecule has 0 fully saturated rings. The molecule has 16 nitrogen and oxygen atoms in total. The number of hydrogen-bond donors (Lipinski definition) is 2. The third-order valence-corrected chi connectivity index (χ3v) is 8.07. The van der Waals surface area contributed by atoms with Crippen LogP contribution in [-0.2, 0) is 9.47 Å². The zero-order chi connectivity index (χ0) is 44.5. The van der Waals surface area contributed by atoms with Crippen molar-refractivity contribution in [3.8, 4) is 23.0 Å². The van der Waals surface area contributed by atoms with E-state index in [1.165, 1.54) is 30.3 Å². The van der Waals surface area contributed by atoms with Gasteiger partial charge in [-0.3, -0.25) is 20.2 Å². The van der Waals surface area contributed by atoms with Gasteiger partial charge in [-0.15, -0.1) is 0 Å². The fraction of sp³-hybridized carbons (Fsp3) is 0.316. The number of nitrogens with zero attached hydrogens (tertiary/aromatic N) is 2. The van der Waals surface area contributed by atoms with Crippen molar-refractivity contribution in [3.63, 3.8) is 0 Å². The van der Waals surface area contributed by atoms with Gasteiger partial charge >= 0.3 is 60.0 Å². The minimum absolute atomic E-state index is 0.0138. The second-order valence-electron chi connectivity index (χ2n) is 13.7. The molecule has 318 valence electrons. The normalized spacial score (nSPS) is 10.7. The monoisotopic (exact) mass is 1090 g/mol. The molecule has 0 spiro atoms. The van der Waals surface area contributed by atoms with Crippen LogP contribution in [0, 0.1) is 20.2 Å². The quantitative estimate of drug-likeness (QED) is 0.0299. The van der Waals surface area contributed by atoms with Gasteiger partial charge in [-0.25, -0.2) is 9.59 Å². The van der Waals surface area contributed by atoms with Gasteiger partial charge in [0.25, 0.3) is 0 Å². The fourth-order valence-corrected chi connectivity index (χ4v) is 5.39. The number of halogens is 4. The molecule has 4 aromatic rings. The van der Waals surface area contributed by atoms with Crippen molar-refractivity contribution in [1.29, 1.82) is 0 Å². The Balaban J connectivity index is 0.000000385. The van der Waals surface area contributed by atoms with Crippen LogP contribution in [0.4, 0.5) is 22.7 Å². The number of para-hydroxylation sites is 4. The van der Waals surface area contributed by atoms with Gasteiger partial charge in [0.1, 0.15) is 49.1 Å². The summed E-state index contributed by atoms with van der Waals surface area (Å²) in [4.78, 5) is 45.6. The molecule has 4 aromatic carbocycles. The van der Waals surface area contributed by atoms with Crippen LogP contribution < -0.4 is 30.4 Å². The van der Waals surface area contributed by atoms with Crippen LogP contribution >= 0.6 is 49.7 Å². The molecule has 0 saturated heterocycles. The molecule has 0 aromatic heterocycles. The summed E-state index contributed by atoms with van der Waals surface area (Å²) in [6, 6.07) is 18.6. The third kappa shape index (κ3) is 17.9. The summed E-state index contributed by atoms with van der Waals surface area (Å²) in [5.74, 6) is -0.152. The molecule has 2 radical (unpaired) electrons. The number of nitro benzene ring substituents is 2. The fourth-order valence-electron chi connectivity index (χ4n) is 4.43. The summed E-state index contributed by atoms with van der Waals surface area (Å²) in [5.41, 5.74) is 11.1. The molecule has 21 heteroatoms. The zero-order valence-corrected chi connectivity index (χ0v) is 40.3. The maximum absolute atomic E-state index is 12.3. The number of carbonyl (C=O) groups is 2. The predicted molar refractivity (Wildman–Crippen MR) is 233 cm³/mol. The maximum atomic E-state index is 12.3. The van der Waals surface area contributed by atoms with Gasteiger partial charge in [-0.1, -0.05) is 24.3 Å². The number of esters is 2. The average molecular weight is 1100 g/mol. The molecule has 0 saturated carbocycles. The van der Waals surface area contributed by atoms with Gasteiger partial charge in [0, 0.05) is 27.1 Å². The van der Waals surface area contributed by atoms with E-state index in [2.05, 4.69) is 31.9 Å². The molecule has 0 heterocycles. The first-order chi connectivity index (χ1) is 27.6. The summed E-state index contributed by atoms with van der Waals surface area (Å²) in [6.07, 6.45) is 0. The summed E-state index contributed by atoms with van der Waals surface area (Å²) in [6.45, 7) is 10.8. The van der Waals surface area contributed by atoms with Gasteiger partial charge in [0.15, 0.2) is 11.5 Å². The van der Waals surface area contributed by atoms with E-state index in [0.29, 0.717) is 39.5 Å². The summed E-state index contributed by atoms with van der Waals surface area (Å²) < 4.78 is 33.4. The van der Waals surface area contributed by atoms with Crippen LogP contribution in [-0.4, -0.2) is 78.3 Å². The standard InChI is InChI=1S/C19H19BrN2O8.C19H23BrN2O4.2ClH.Sn/c1-19(2,3)30-18(23)12-10-15(22(26)27)17(11-13(12)20)29-9-8-28-16-7-5-4-6-14(16)21(24)25;1-19(2,3)26-18(23)12-10-15(22)17(11-13(12)20)25-9-8-24-16-7-5-4-6-14(16)21;;;/h4-7,10-11H,8-9H2,1-3H3;4-7,10-11H,8-9,21-22H2,1-3H3;2*1H;/q;;;;+2/p-2. The van der Waals surface area contributed by atoms with Crippen LogP contribution in [0.2, 0.25) is 0 Å². The number of hydrogen-bond acceptors (Lipinski definition) is 14. The SMILES string of the molecule is CC(C)(C)OC(=O)c1cc(N)c(OCCOc2ccccc2N)cc1Br.CC(C)(C)OC(=O)c1cc([N+](=O)[O-])c(OCCOc2ccccc2[N+](=O)[O-])cc1Br.[Cl][Sn][Cl]. The third-order valence-electron chi connectivity index (χ3n) is 6.76. The van der Waals surface area contributed by atoms with Crippen molar-refractivity contribution in [3.05, 3.63) is 113 Å². The molecule has 0 aliphatic carbocycles. The number of nitrogen functional groups attached to an aromatic ring is 2. The molecule has 0 bridgehead atoms. The van der Waals surface area contributed by atoms with E-state index in [1.807, 2.05) is 12.1 Å². The van der Waals surface area contributed by atoms with E-state index in [-0.39, 0.29) is 47.0 Å². The van der Waals surface area contributed by atoms with Crippen LogP contribution in [0.3, 0.4) is 0 Å². The Morgan fingerprint density at radius 3 is 1.47 bits per heavy atom. The molecular weight excluding hydrogens is 1050 g/mol. The van der Waals surface area contributed by atoms with Crippen LogP contribution in [0.5, 0.6) is 23.0 Å². The van der Waals surface area contributed by atoms with E-state index < -0.39 is 57.6 Å². The summed E-state index contributed by atoms with van der Waals surface area (Å²) in [7, 11) is 9.87. The van der Waals surface area contributed by atoms with E-state index in [1.54, 1.807) is 65.8 Å². The van der Waals surface area contributed by atoms with Crippen molar-refractivity contribution < 1.29 is 47.9 Å². The van der Waals surface area contributed by atoms with E-state index in [0.717, 1.165) is 6.07 Å². The molecule has 59 heavy (non-hydrogen) atoms. The number of nitrogens with two attached hydrogens (primary N) is 2. The minimum atomic E-state index is -0.826. The molecule has 0 amide bonds. The zero-order valence-electron chi connectivity index (χ0n) is 32.7. The second-order valence-corrected chi connectivity index (χ2v) is 19.6. The van der Waals surface area contributed by atoms with Crippen molar-refractivity contribution in [2.24, 2.45) is 0 Å². The predicted octanol–water partition coefficient (Wildman–Crippen LogP) is 9.70.